The molecule has 3 nitrogen and oxygen atoms in total. The minimum atomic E-state index is -0.313. The van der Waals surface area contributed by atoms with E-state index < -0.39 is 0 Å². The van der Waals surface area contributed by atoms with Crippen molar-refractivity contribution in [1.82, 2.24) is 0 Å². The van der Waals surface area contributed by atoms with Gasteiger partial charge in [0.05, 0.1) is 5.92 Å². The smallest absolute Gasteiger partial charge is 0.205 e. The van der Waals surface area contributed by atoms with Gasteiger partial charge in [-0.1, -0.05) is 53.5 Å². The summed E-state index contributed by atoms with van der Waals surface area (Å²) >= 11 is 12.5. The van der Waals surface area contributed by atoms with E-state index >= 15 is 0 Å². The van der Waals surface area contributed by atoms with Gasteiger partial charge >= 0.3 is 0 Å². The number of hydrogen-bond donors (Lipinski definition) is 1. The minimum absolute atomic E-state index is 0.133. The summed E-state index contributed by atoms with van der Waals surface area (Å²) in [4.78, 5) is 0. The van der Waals surface area contributed by atoms with E-state index in [1.54, 1.807) is 12.1 Å². The molecule has 2 aromatic carbocycles. The monoisotopic (exact) mass is 368 g/mol. The summed E-state index contributed by atoms with van der Waals surface area (Å²) in [7, 11) is 0. The molecule has 0 saturated carbocycles. The second-order valence-electron chi connectivity index (χ2n) is 6.10. The van der Waals surface area contributed by atoms with Crippen molar-refractivity contribution in [1.29, 1.82) is 5.26 Å². The number of allylic oxidation sites excluding steroid dienone is 2. The third-order valence-corrected chi connectivity index (χ3v) is 5.29. The number of aryl methyl sites for hydroxylation is 1. The molecule has 1 unspecified atom stereocenters. The molecular weight excluding hydrogens is 355 g/mol. The quantitative estimate of drug-likeness (QED) is 0.756. The van der Waals surface area contributed by atoms with E-state index in [9.17, 15) is 5.26 Å². The Kier molecular flexibility index (Phi) is 3.95. The Morgan fingerprint density at radius 1 is 1.12 bits per heavy atom. The highest BCUT2D eigenvalue weighted by Gasteiger charge is 2.36. The molecule has 1 aliphatic heterocycles. The van der Waals surface area contributed by atoms with Crippen LogP contribution in [0.4, 0.5) is 0 Å². The van der Waals surface area contributed by atoms with Crippen molar-refractivity contribution in [2.45, 2.75) is 18.8 Å². The summed E-state index contributed by atoms with van der Waals surface area (Å²) in [6.07, 6.45) is 1.67. The largest absolute Gasteiger partial charge is 0.440 e. The lowest BCUT2D eigenvalue weighted by Gasteiger charge is -2.33. The van der Waals surface area contributed by atoms with Gasteiger partial charge in [0.2, 0.25) is 5.88 Å². The normalized spacial score (nSPS) is 19.0. The SMILES string of the molecule is N#CC1=C(N)OC2=C(CCc3ccccc32)C1c1ccc(Cl)cc1Cl. The Balaban J connectivity index is 1.95. The van der Waals surface area contributed by atoms with Crippen molar-refractivity contribution in [3.05, 3.63) is 86.2 Å². The molecular formula is C20H14Cl2N2O. The van der Waals surface area contributed by atoms with Gasteiger partial charge in [-0.3, -0.25) is 0 Å². The third-order valence-electron chi connectivity index (χ3n) is 4.73. The fourth-order valence-electron chi connectivity index (χ4n) is 3.59. The van der Waals surface area contributed by atoms with Gasteiger partial charge in [0.15, 0.2) is 0 Å². The molecule has 25 heavy (non-hydrogen) atoms. The molecule has 4 rings (SSSR count). The Labute approximate surface area is 155 Å². The van der Waals surface area contributed by atoms with Gasteiger partial charge in [0.1, 0.15) is 17.4 Å². The van der Waals surface area contributed by atoms with Crippen molar-refractivity contribution in [3.8, 4) is 6.07 Å². The van der Waals surface area contributed by atoms with Crippen molar-refractivity contribution >= 4 is 29.0 Å². The van der Waals surface area contributed by atoms with Crippen molar-refractivity contribution < 1.29 is 4.74 Å². The number of ether oxygens (including phenoxy) is 1. The Hall–Kier alpha value is -2.41. The van der Waals surface area contributed by atoms with E-state index in [1.165, 1.54) is 5.56 Å². The third kappa shape index (κ3) is 2.59. The van der Waals surface area contributed by atoms with E-state index in [4.69, 9.17) is 33.7 Å². The predicted molar refractivity (Wildman–Crippen MR) is 98.8 cm³/mol. The average molecular weight is 369 g/mol. The highest BCUT2D eigenvalue weighted by Crippen LogP contribution is 2.48. The Bertz CT molecular complexity index is 985. The zero-order chi connectivity index (χ0) is 17.6. The highest BCUT2D eigenvalue weighted by molar-refractivity contribution is 6.35. The molecule has 124 valence electrons. The molecule has 1 atom stereocenters. The van der Waals surface area contributed by atoms with Crippen LogP contribution in [0.15, 0.2) is 59.5 Å². The van der Waals surface area contributed by atoms with Crippen LogP contribution in [-0.4, -0.2) is 0 Å². The standard InChI is InChI=1S/C20H14Cl2N2O/c21-12-6-8-14(17(22)9-12)18-15-7-5-11-3-1-2-4-13(11)19(15)25-20(24)16(18)10-23/h1-4,6,8-9,18H,5,7,24H2. The van der Waals surface area contributed by atoms with Crippen LogP contribution in [0.25, 0.3) is 5.76 Å². The summed E-state index contributed by atoms with van der Waals surface area (Å²) in [6, 6.07) is 15.6. The van der Waals surface area contributed by atoms with Crippen molar-refractivity contribution in [2.24, 2.45) is 5.73 Å². The molecule has 1 aliphatic carbocycles. The van der Waals surface area contributed by atoms with Gasteiger partial charge in [-0.25, -0.2) is 0 Å². The number of nitrogens with zero attached hydrogens (tertiary/aromatic N) is 1. The first-order valence-corrected chi connectivity index (χ1v) is 8.69. The van der Waals surface area contributed by atoms with Gasteiger partial charge in [0, 0.05) is 15.6 Å². The zero-order valence-corrected chi connectivity index (χ0v) is 14.7. The zero-order valence-electron chi connectivity index (χ0n) is 13.2. The number of halogens is 2. The maximum Gasteiger partial charge on any atom is 0.205 e. The van der Waals surface area contributed by atoms with Crippen LogP contribution in [0, 0.1) is 11.3 Å². The number of nitrogens with two attached hydrogens (primary N) is 1. The first-order chi connectivity index (χ1) is 12.1. The average Bonchev–Trinajstić information content (AvgIpc) is 2.61. The van der Waals surface area contributed by atoms with Crippen LogP contribution in [0.5, 0.6) is 0 Å². The van der Waals surface area contributed by atoms with Gasteiger partial charge in [-0.15, -0.1) is 0 Å². The highest BCUT2D eigenvalue weighted by atomic mass is 35.5. The number of rotatable bonds is 1. The predicted octanol–water partition coefficient (Wildman–Crippen LogP) is 5.16. The second kappa shape index (κ2) is 6.15. The maximum absolute atomic E-state index is 9.66. The number of benzene rings is 2. The van der Waals surface area contributed by atoms with Crippen molar-refractivity contribution in [2.75, 3.05) is 0 Å². The van der Waals surface area contributed by atoms with E-state index in [2.05, 4.69) is 12.1 Å². The number of fused-ring (bicyclic) bond motifs is 2. The molecule has 1 heterocycles. The van der Waals surface area contributed by atoms with Gasteiger partial charge < -0.3 is 10.5 Å². The fraction of sp³-hybridized carbons (Fsp3) is 0.150. The molecule has 0 radical (unpaired) electrons. The van der Waals surface area contributed by atoms with E-state index in [-0.39, 0.29) is 11.8 Å². The Morgan fingerprint density at radius 3 is 2.68 bits per heavy atom. The Morgan fingerprint density at radius 2 is 1.92 bits per heavy atom. The molecule has 0 aromatic heterocycles. The van der Waals surface area contributed by atoms with Crippen LogP contribution in [0.1, 0.15) is 29.0 Å². The number of hydrogen-bond acceptors (Lipinski definition) is 3. The first-order valence-electron chi connectivity index (χ1n) is 7.94. The molecule has 2 aliphatic rings. The van der Waals surface area contributed by atoms with E-state index in [1.807, 2.05) is 24.3 Å². The van der Waals surface area contributed by atoms with Crippen LogP contribution >= 0.6 is 23.2 Å². The van der Waals surface area contributed by atoms with Crippen LogP contribution < -0.4 is 5.73 Å². The lowest BCUT2D eigenvalue weighted by Crippen LogP contribution is -2.23. The van der Waals surface area contributed by atoms with Gasteiger partial charge in [-0.2, -0.15) is 5.26 Å². The number of nitriles is 1. The van der Waals surface area contributed by atoms with E-state index in [0.29, 0.717) is 15.6 Å². The molecule has 0 saturated heterocycles. The summed E-state index contributed by atoms with van der Waals surface area (Å²) in [5.74, 6) is 0.565. The summed E-state index contributed by atoms with van der Waals surface area (Å²) in [6.45, 7) is 0. The van der Waals surface area contributed by atoms with Crippen LogP contribution in [-0.2, 0) is 11.2 Å². The second-order valence-corrected chi connectivity index (χ2v) is 6.95. The maximum atomic E-state index is 9.66. The molecule has 0 bridgehead atoms. The van der Waals surface area contributed by atoms with Gasteiger partial charge in [-0.05, 0) is 41.7 Å². The van der Waals surface area contributed by atoms with Crippen molar-refractivity contribution in [3.63, 3.8) is 0 Å². The van der Waals surface area contributed by atoms with Crippen LogP contribution in [0.2, 0.25) is 10.0 Å². The lowest BCUT2D eigenvalue weighted by atomic mass is 9.76. The summed E-state index contributed by atoms with van der Waals surface area (Å²) < 4.78 is 5.88. The molecule has 0 amide bonds. The van der Waals surface area contributed by atoms with E-state index in [0.717, 1.165) is 35.3 Å². The fourth-order valence-corrected chi connectivity index (χ4v) is 4.11. The topological polar surface area (TPSA) is 59.0 Å². The minimum Gasteiger partial charge on any atom is -0.440 e. The summed E-state index contributed by atoms with van der Waals surface area (Å²) in [5, 5.41) is 10.7. The molecule has 5 heteroatoms. The molecule has 0 spiro atoms. The molecule has 0 fully saturated rings. The lowest BCUT2D eigenvalue weighted by molar-refractivity contribution is 0.350. The summed E-state index contributed by atoms with van der Waals surface area (Å²) in [5.41, 5.74) is 10.6. The van der Waals surface area contributed by atoms with Crippen LogP contribution in [0.3, 0.4) is 0 Å². The van der Waals surface area contributed by atoms with Gasteiger partial charge in [0.25, 0.3) is 0 Å². The molecule has 2 N–H and O–H groups in total. The molecule has 2 aromatic rings. The first kappa shape index (κ1) is 16.1.